The van der Waals surface area contributed by atoms with Crippen molar-refractivity contribution in [2.24, 2.45) is 0 Å². The van der Waals surface area contributed by atoms with Crippen molar-refractivity contribution in [2.45, 2.75) is 18.6 Å². The van der Waals surface area contributed by atoms with Gasteiger partial charge in [-0.15, -0.1) is 21.5 Å². The first-order chi connectivity index (χ1) is 13.6. The quantitative estimate of drug-likeness (QED) is 0.452. The van der Waals surface area contributed by atoms with Crippen molar-refractivity contribution in [1.29, 1.82) is 0 Å². The number of hydrogen-bond acceptors (Lipinski definition) is 8. The number of aromatic nitrogens is 3. The average molecular weight is 414 g/mol. The van der Waals surface area contributed by atoms with E-state index >= 15 is 0 Å². The summed E-state index contributed by atoms with van der Waals surface area (Å²) < 4.78 is 1.89. The number of thioether (sulfide) groups is 1. The molecule has 142 valence electrons. The van der Waals surface area contributed by atoms with Crippen molar-refractivity contribution >= 4 is 40.9 Å². The lowest BCUT2D eigenvalue weighted by Crippen LogP contribution is -2.33. The summed E-state index contributed by atoms with van der Waals surface area (Å²) in [7, 11) is 0. The Labute approximate surface area is 168 Å². The summed E-state index contributed by atoms with van der Waals surface area (Å²) in [6, 6.07) is 10.2. The summed E-state index contributed by atoms with van der Waals surface area (Å²) in [5.41, 5.74) is 0.443. The third-order valence-corrected chi connectivity index (χ3v) is 5.85. The number of hydroxylamine groups is 2. The smallest absolute Gasteiger partial charge is 0.329 e. The van der Waals surface area contributed by atoms with Crippen LogP contribution in [0.5, 0.6) is 0 Å². The molecule has 0 aliphatic carbocycles. The molecule has 1 aliphatic rings. The summed E-state index contributed by atoms with van der Waals surface area (Å²) >= 11 is 2.69. The predicted molar refractivity (Wildman–Crippen MR) is 103 cm³/mol. The molecule has 0 unspecified atom stereocenters. The average Bonchev–Trinajstić information content (AvgIpc) is 3.42. The normalized spacial score (nSPS) is 13.1. The van der Waals surface area contributed by atoms with E-state index in [0.29, 0.717) is 16.8 Å². The molecule has 28 heavy (non-hydrogen) atoms. The molecule has 3 aromatic rings. The number of rotatable bonds is 6. The topological polar surface area (TPSA) is 94.4 Å². The Morgan fingerprint density at radius 1 is 1.11 bits per heavy atom. The van der Waals surface area contributed by atoms with Crippen LogP contribution in [-0.4, -0.2) is 43.4 Å². The highest BCUT2D eigenvalue weighted by Gasteiger charge is 2.38. The van der Waals surface area contributed by atoms with Gasteiger partial charge in [-0.2, -0.15) is 0 Å². The molecule has 10 heteroatoms. The zero-order valence-electron chi connectivity index (χ0n) is 14.7. The van der Waals surface area contributed by atoms with Gasteiger partial charge in [0.05, 0.1) is 16.0 Å². The van der Waals surface area contributed by atoms with Gasteiger partial charge in [-0.1, -0.05) is 35.0 Å². The van der Waals surface area contributed by atoms with Gasteiger partial charge in [0, 0.05) is 6.54 Å². The van der Waals surface area contributed by atoms with Gasteiger partial charge in [-0.3, -0.25) is 9.59 Å². The minimum atomic E-state index is -0.720. The van der Waals surface area contributed by atoms with E-state index in [1.54, 1.807) is 23.5 Å². The van der Waals surface area contributed by atoms with E-state index < -0.39 is 17.8 Å². The van der Waals surface area contributed by atoms with Gasteiger partial charge in [0.25, 0.3) is 11.8 Å². The maximum atomic E-state index is 12.2. The molecule has 0 saturated carbocycles. The number of thiophene rings is 1. The summed E-state index contributed by atoms with van der Waals surface area (Å²) in [6.45, 7) is 2.59. The van der Waals surface area contributed by atoms with Crippen molar-refractivity contribution in [3.05, 3.63) is 52.9 Å². The summed E-state index contributed by atoms with van der Waals surface area (Å²) in [5, 5.41) is 11.4. The molecule has 0 atom stereocenters. The van der Waals surface area contributed by atoms with Gasteiger partial charge in [0.2, 0.25) is 0 Å². The number of hydrogen-bond donors (Lipinski definition) is 0. The number of benzene rings is 1. The molecule has 1 aromatic carbocycles. The molecule has 0 fully saturated rings. The predicted octanol–water partition coefficient (Wildman–Crippen LogP) is 2.87. The van der Waals surface area contributed by atoms with E-state index in [1.807, 2.05) is 29.0 Å². The second kappa shape index (κ2) is 7.56. The minimum absolute atomic E-state index is 0.115. The van der Waals surface area contributed by atoms with Gasteiger partial charge >= 0.3 is 5.97 Å². The molecule has 2 amide bonds. The fourth-order valence-corrected chi connectivity index (χ4v) is 4.26. The van der Waals surface area contributed by atoms with Crippen LogP contribution in [0.3, 0.4) is 0 Å². The molecule has 0 N–H and O–H groups in total. The van der Waals surface area contributed by atoms with Gasteiger partial charge < -0.3 is 9.40 Å². The first kappa shape index (κ1) is 18.4. The van der Waals surface area contributed by atoms with E-state index in [0.717, 1.165) is 22.5 Å². The van der Waals surface area contributed by atoms with Crippen molar-refractivity contribution in [1.82, 2.24) is 19.8 Å². The lowest BCUT2D eigenvalue weighted by Gasteiger charge is -2.12. The second-order valence-electron chi connectivity index (χ2n) is 5.73. The highest BCUT2D eigenvalue weighted by molar-refractivity contribution is 7.99. The summed E-state index contributed by atoms with van der Waals surface area (Å²) in [5.74, 6) is -1.39. The van der Waals surface area contributed by atoms with Crippen molar-refractivity contribution in [3.8, 4) is 10.7 Å². The number of imide groups is 1. The van der Waals surface area contributed by atoms with E-state index in [4.69, 9.17) is 4.84 Å². The standard InChI is InChI=1S/C18H14N4O4S2/c1-2-21-15(13-8-5-9-27-13)19-20-18(21)28-10-14(23)26-22-16(24)11-6-3-4-7-12(11)17(22)25/h3-9H,2,10H2,1H3. The van der Waals surface area contributed by atoms with Crippen molar-refractivity contribution in [3.63, 3.8) is 0 Å². The van der Waals surface area contributed by atoms with Gasteiger partial charge in [0.15, 0.2) is 11.0 Å². The summed E-state index contributed by atoms with van der Waals surface area (Å²) in [6.07, 6.45) is 0. The van der Waals surface area contributed by atoms with Gasteiger partial charge in [-0.25, -0.2) is 4.79 Å². The minimum Gasteiger partial charge on any atom is -0.329 e. The molecule has 3 heterocycles. The van der Waals surface area contributed by atoms with Crippen molar-refractivity contribution in [2.75, 3.05) is 5.75 Å². The van der Waals surface area contributed by atoms with Crippen LogP contribution in [-0.2, 0) is 16.2 Å². The molecule has 1 aliphatic heterocycles. The van der Waals surface area contributed by atoms with Crippen LogP contribution in [0.2, 0.25) is 0 Å². The third-order valence-electron chi connectivity index (χ3n) is 4.04. The molecule has 0 spiro atoms. The Kier molecular flexibility index (Phi) is 4.97. The fraction of sp³-hybridized carbons (Fsp3) is 0.167. The van der Waals surface area contributed by atoms with Crippen LogP contribution in [0.15, 0.2) is 46.9 Å². The van der Waals surface area contributed by atoms with Gasteiger partial charge in [-0.05, 0) is 30.5 Å². The molecule has 8 nitrogen and oxygen atoms in total. The van der Waals surface area contributed by atoms with E-state index in [2.05, 4.69) is 10.2 Å². The highest BCUT2D eigenvalue weighted by atomic mass is 32.2. The van der Waals surface area contributed by atoms with Crippen molar-refractivity contribution < 1.29 is 19.2 Å². The monoisotopic (exact) mass is 414 g/mol. The SMILES string of the molecule is CCn1c(SCC(=O)ON2C(=O)c3ccccc3C2=O)nnc1-c1cccs1. The Hall–Kier alpha value is -2.98. The van der Waals surface area contributed by atoms with Crippen LogP contribution in [0, 0.1) is 0 Å². The number of fused-ring (bicyclic) bond motifs is 1. The largest absolute Gasteiger partial charge is 0.343 e. The van der Waals surface area contributed by atoms with E-state index in [1.165, 1.54) is 12.1 Å². The number of nitrogens with zero attached hydrogens (tertiary/aromatic N) is 4. The first-order valence-corrected chi connectivity index (χ1v) is 10.2. The molecular weight excluding hydrogens is 400 g/mol. The van der Waals surface area contributed by atoms with Crippen LogP contribution in [0.1, 0.15) is 27.6 Å². The third kappa shape index (κ3) is 3.20. The van der Waals surface area contributed by atoms with Gasteiger partial charge in [0.1, 0.15) is 5.75 Å². The zero-order chi connectivity index (χ0) is 19.7. The molecule has 0 bridgehead atoms. The molecule has 0 saturated heterocycles. The Balaban J connectivity index is 1.42. The Morgan fingerprint density at radius 3 is 2.43 bits per heavy atom. The lowest BCUT2D eigenvalue weighted by molar-refractivity contribution is -0.165. The highest BCUT2D eigenvalue weighted by Crippen LogP contribution is 2.28. The number of amides is 2. The maximum Gasteiger partial charge on any atom is 0.343 e. The van der Waals surface area contributed by atoms with E-state index in [-0.39, 0.29) is 16.9 Å². The zero-order valence-corrected chi connectivity index (χ0v) is 16.3. The van der Waals surface area contributed by atoms with Crippen LogP contribution in [0.4, 0.5) is 0 Å². The molecule has 2 aromatic heterocycles. The second-order valence-corrected chi connectivity index (χ2v) is 7.62. The fourth-order valence-electron chi connectivity index (χ4n) is 2.77. The molecule has 4 rings (SSSR count). The Morgan fingerprint density at radius 2 is 1.82 bits per heavy atom. The van der Waals surface area contributed by atoms with E-state index in [9.17, 15) is 14.4 Å². The van der Waals surface area contributed by atoms with Crippen LogP contribution in [0.25, 0.3) is 10.7 Å². The number of carbonyl (C=O) groups excluding carboxylic acids is 3. The van der Waals surface area contributed by atoms with Crippen LogP contribution >= 0.6 is 23.1 Å². The molecular formula is C18H14N4O4S2. The Bertz CT molecular complexity index is 1030. The van der Waals surface area contributed by atoms with Crippen LogP contribution < -0.4 is 0 Å². The lowest BCUT2D eigenvalue weighted by atomic mass is 10.1. The number of carbonyl (C=O) groups is 3. The first-order valence-electron chi connectivity index (χ1n) is 8.38. The maximum absolute atomic E-state index is 12.2. The molecule has 0 radical (unpaired) electrons. The summed E-state index contributed by atoms with van der Waals surface area (Å²) in [4.78, 5) is 42.7.